The van der Waals surface area contributed by atoms with Gasteiger partial charge in [0, 0.05) is 23.7 Å². The van der Waals surface area contributed by atoms with E-state index in [2.05, 4.69) is 5.32 Å². The molecule has 7 nitrogen and oxygen atoms in total. The number of hydrogen-bond acceptors (Lipinski definition) is 4. The monoisotopic (exact) mass is 573 g/mol. The van der Waals surface area contributed by atoms with Crippen LogP contribution in [0.1, 0.15) is 31.9 Å². The zero-order chi connectivity index (χ0) is 28.7. The van der Waals surface area contributed by atoms with Crippen molar-refractivity contribution in [3.05, 3.63) is 94.8 Å². The van der Waals surface area contributed by atoms with Crippen molar-refractivity contribution in [2.75, 3.05) is 17.4 Å². The van der Waals surface area contributed by atoms with Crippen molar-refractivity contribution in [2.24, 2.45) is 5.92 Å². The van der Waals surface area contributed by atoms with E-state index in [0.717, 1.165) is 9.87 Å². The van der Waals surface area contributed by atoms with Crippen molar-refractivity contribution in [2.45, 2.75) is 45.2 Å². The maximum absolute atomic E-state index is 14.6. The highest BCUT2D eigenvalue weighted by Gasteiger charge is 2.33. The minimum atomic E-state index is -4.21. The van der Waals surface area contributed by atoms with Crippen molar-refractivity contribution >= 4 is 39.1 Å². The minimum absolute atomic E-state index is 0.00995. The lowest BCUT2D eigenvalue weighted by Gasteiger charge is -2.32. The van der Waals surface area contributed by atoms with Crippen LogP contribution >= 0.6 is 11.6 Å². The molecule has 0 saturated carbocycles. The molecule has 1 N–H and O–H groups in total. The molecule has 3 aromatic carbocycles. The van der Waals surface area contributed by atoms with Gasteiger partial charge in [0.1, 0.15) is 18.4 Å². The Labute approximate surface area is 234 Å². The largest absolute Gasteiger partial charge is 0.354 e. The number of nitrogens with zero attached hydrogens (tertiary/aromatic N) is 2. The van der Waals surface area contributed by atoms with Gasteiger partial charge in [-0.2, -0.15) is 0 Å². The summed E-state index contributed by atoms with van der Waals surface area (Å²) in [5, 5.41) is 3.08. The fourth-order valence-corrected chi connectivity index (χ4v) is 5.43. The summed E-state index contributed by atoms with van der Waals surface area (Å²) in [4.78, 5) is 28.0. The Morgan fingerprint density at radius 1 is 0.974 bits per heavy atom. The summed E-state index contributed by atoms with van der Waals surface area (Å²) in [6, 6.07) is 17.3. The lowest BCUT2D eigenvalue weighted by atomic mass is 10.1. The molecule has 208 valence electrons. The van der Waals surface area contributed by atoms with Crippen molar-refractivity contribution in [1.29, 1.82) is 0 Å². The van der Waals surface area contributed by atoms with Crippen LogP contribution in [0.4, 0.5) is 10.1 Å². The lowest BCUT2D eigenvalue weighted by Crippen LogP contribution is -2.51. The van der Waals surface area contributed by atoms with Crippen LogP contribution in [-0.2, 0) is 26.2 Å². The predicted octanol–water partition coefficient (Wildman–Crippen LogP) is 5.17. The number of hydrogen-bond donors (Lipinski definition) is 1. The van der Waals surface area contributed by atoms with Crippen LogP contribution in [-0.4, -0.2) is 44.3 Å². The summed E-state index contributed by atoms with van der Waals surface area (Å²) in [5.41, 5.74) is 1.25. The Balaban J connectivity index is 2.02. The smallest absolute Gasteiger partial charge is 0.264 e. The first-order valence-corrected chi connectivity index (χ1v) is 14.4. The van der Waals surface area contributed by atoms with Crippen LogP contribution in [0.25, 0.3) is 0 Å². The highest BCUT2D eigenvalue weighted by Crippen LogP contribution is 2.27. The molecule has 3 aromatic rings. The first-order valence-electron chi connectivity index (χ1n) is 12.6. The Hall–Kier alpha value is -3.43. The van der Waals surface area contributed by atoms with Gasteiger partial charge in [-0.3, -0.25) is 13.9 Å². The van der Waals surface area contributed by atoms with Gasteiger partial charge in [-0.05, 0) is 56.2 Å². The number of aryl methyl sites for hydroxylation is 1. The topological polar surface area (TPSA) is 86.8 Å². The Kier molecular flexibility index (Phi) is 10.1. The van der Waals surface area contributed by atoms with E-state index in [4.69, 9.17) is 11.6 Å². The van der Waals surface area contributed by atoms with E-state index in [-0.39, 0.29) is 33.6 Å². The van der Waals surface area contributed by atoms with Crippen molar-refractivity contribution in [3.8, 4) is 0 Å². The van der Waals surface area contributed by atoms with Crippen LogP contribution in [0, 0.1) is 18.7 Å². The Bertz CT molecular complexity index is 1410. The summed E-state index contributed by atoms with van der Waals surface area (Å²) in [7, 11) is -4.21. The van der Waals surface area contributed by atoms with Crippen LogP contribution in [0.2, 0.25) is 5.02 Å². The van der Waals surface area contributed by atoms with Crippen molar-refractivity contribution < 1.29 is 22.4 Å². The average Bonchev–Trinajstić information content (AvgIpc) is 2.89. The molecular weight excluding hydrogens is 541 g/mol. The Morgan fingerprint density at radius 2 is 1.64 bits per heavy atom. The highest BCUT2D eigenvalue weighted by molar-refractivity contribution is 7.92. The van der Waals surface area contributed by atoms with E-state index in [1.165, 1.54) is 54.3 Å². The third-order valence-electron chi connectivity index (χ3n) is 6.13. The molecule has 0 aromatic heterocycles. The number of amides is 2. The number of carbonyl (C=O) groups excluding carboxylic acids is 2. The summed E-state index contributed by atoms with van der Waals surface area (Å²) in [6.45, 7) is 6.77. The van der Waals surface area contributed by atoms with Gasteiger partial charge in [0.15, 0.2) is 0 Å². The third kappa shape index (κ3) is 7.80. The van der Waals surface area contributed by atoms with E-state index in [1.807, 2.05) is 20.8 Å². The van der Waals surface area contributed by atoms with E-state index in [0.29, 0.717) is 6.54 Å². The molecule has 0 spiro atoms. The zero-order valence-corrected chi connectivity index (χ0v) is 24.0. The fraction of sp³-hybridized carbons (Fsp3) is 0.310. The summed E-state index contributed by atoms with van der Waals surface area (Å²) < 4.78 is 43.1. The van der Waals surface area contributed by atoms with Gasteiger partial charge in [-0.15, -0.1) is 0 Å². The maximum Gasteiger partial charge on any atom is 0.264 e. The van der Waals surface area contributed by atoms with Gasteiger partial charge < -0.3 is 10.2 Å². The fourth-order valence-electron chi connectivity index (χ4n) is 3.84. The van der Waals surface area contributed by atoms with Gasteiger partial charge in [0.25, 0.3) is 10.0 Å². The van der Waals surface area contributed by atoms with Crippen LogP contribution in [0.15, 0.2) is 77.7 Å². The number of rotatable bonds is 11. The molecule has 0 aliphatic heterocycles. The average molecular weight is 574 g/mol. The molecular formula is C29H33ClFN3O4S. The predicted molar refractivity (Wildman–Crippen MR) is 151 cm³/mol. The number of halogens is 2. The summed E-state index contributed by atoms with van der Waals surface area (Å²) in [5.74, 6) is -1.47. The van der Waals surface area contributed by atoms with Crippen molar-refractivity contribution in [1.82, 2.24) is 10.2 Å². The molecule has 39 heavy (non-hydrogen) atoms. The van der Waals surface area contributed by atoms with Crippen LogP contribution in [0.3, 0.4) is 0 Å². The molecule has 2 amide bonds. The van der Waals surface area contributed by atoms with Gasteiger partial charge >= 0.3 is 0 Å². The second kappa shape index (κ2) is 13.1. The molecule has 1 unspecified atom stereocenters. The molecule has 0 aliphatic rings. The number of anilines is 1. The standard InChI is InChI=1S/C29H33ClFN3O4S/c1-20(2)17-32-29(36)22(4)33(18-23-8-5-6-11-27(23)31)28(35)19-34(25-10-7-9-24(30)16-25)39(37,38)26-14-12-21(3)13-15-26/h5-16,20,22H,17-19H2,1-4H3,(H,32,36). The molecule has 0 saturated heterocycles. The second-order valence-electron chi connectivity index (χ2n) is 9.73. The molecule has 0 heterocycles. The number of benzene rings is 3. The van der Waals surface area contributed by atoms with E-state index in [1.54, 1.807) is 30.3 Å². The summed E-state index contributed by atoms with van der Waals surface area (Å²) in [6.07, 6.45) is 0. The van der Waals surface area contributed by atoms with Gasteiger partial charge in [-0.25, -0.2) is 12.8 Å². The first-order chi connectivity index (χ1) is 18.4. The number of sulfonamides is 1. The Morgan fingerprint density at radius 3 is 2.26 bits per heavy atom. The third-order valence-corrected chi connectivity index (χ3v) is 8.16. The molecule has 0 fully saturated rings. The van der Waals surface area contributed by atoms with Gasteiger partial charge in [0.05, 0.1) is 10.6 Å². The molecule has 0 bridgehead atoms. The molecule has 1 atom stereocenters. The molecule has 0 aliphatic carbocycles. The molecule has 3 rings (SSSR count). The van der Waals surface area contributed by atoms with E-state index >= 15 is 0 Å². The minimum Gasteiger partial charge on any atom is -0.354 e. The SMILES string of the molecule is Cc1ccc(S(=O)(=O)N(CC(=O)N(Cc2ccccc2F)C(C)C(=O)NCC(C)C)c2cccc(Cl)c2)cc1. The maximum atomic E-state index is 14.6. The van der Waals surface area contributed by atoms with Crippen molar-refractivity contribution in [3.63, 3.8) is 0 Å². The van der Waals surface area contributed by atoms with E-state index < -0.39 is 40.2 Å². The van der Waals surface area contributed by atoms with Gasteiger partial charge in [-0.1, -0.05) is 67.4 Å². The molecule has 0 radical (unpaired) electrons. The second-order valence-corrected chi connectivity index (χ2v) is 12.0. The zero-order valence-electron chi connectivity index (χ0n) is 22.4. The summed E-state index contributed by atoms with van der Waals surface area (Å²) >= 11 is 6.17. The van der Waals surface area contributed by atoms with Crippen LogP contribution < -0.4 is 9.62 Å². The number of nitrogens with one attached hydrogen (secondary N) is 1. The van der Waals surface area contributed by atoms with E-state index in [9.17, 15) is 22.4 Å². The normalized spacial score (nSPS) is 12.2. The first kappa shape index (κ1) is 30.1. The van der Waals surface area contributed by atoms with Gasteiger partial charge in [0.2, 0.25) is 11.8 Å². The van der Waals surface area contributed by atoms with Crippen LogP contribution in [0.5, 0.6) is 0 Å². The lowest BCUT2D eigenvalue weighted by molar-refractivity contribution is -0.139. The molecule has 10 heteroatoms. The highest BCUT2D eigenvalue weighted by atomic mass is 35.5. The quantitative estimate of drug-likeness (QED) is 0.343. The number of carbonyl (C=O) groups is 2.